The lowest BCUT2D eigenvalue weighted by Gasteiger charge is -2.17. The number of nitrogens with zero attached hydrogens (tertiary/aromatic N) is 4. The minimum atomic E-state index is -0.271. The van der Waals surface area contributed by atoms with Gasteiger partial charge in [0, 0.05) is 30.9 Å². The summed E-state index contributed by atoms with van der Waals surface area (Å²) >= 11 is 0. The number of carbonyl (C=O) groups excluding carboxylic acids is 2. The van der Waals surface area contributed by atoms with Crippen molar-refractivity contribution in [1.29, 1.82) is 0 Å². The summed E-state index contributed by atoms with van der Waals surface area (Å²) in [5.41, 5.74) is 1.61. The van der Waals surface area contributed by atoms with Gasteiger partial charge in [0.05, 0.1) is 17.5 Å². The monoisotopic (exact) mass is 492 g/mol. The molecule has 4 aromatic rings. The van der Waals surface area contributed by atoms with E-state index in [4.69, 9.17) is 11.3 Å². The number of nitrogens with one attached hydrogen (secondary N) is 2. The Hall–Kier alpha value is -4.97. The SMILES string of the molecule is [C-]#[N+]/C(=C\C)C(=O)N1CCC(Nc2ncnc3[nH]cc(C(=O)c4ccc(Oc5ccccc5)cc4)c23)C1. The molecular weight excluding hydrogens is 468 g/mol. The van der Waals surface area contributed by atoms with Crippen LogP contribution in [0.4, 0.5) is 5.82 Å². The smallest absolute Gasteiger partial charge is 0.252 e. The van der Waals surface area contributed by atoms with E-state index < -0.39 is 0 Å². The van der Waals surface area contributed by atoms with Crippen molar-refractivity contribution in [2.45, 2.75) is 19.4 Å². The molecule has 3 heterocycles. The summed E-state index contributed by atoms with van der Waals surface area (Å²) in [6, 6.07) is 16.3. The lowest BCUT2D eigenvalue weighted by molar-refractivity contribution is -0.125. The fraction of sp³-hybridized carbons (Fsp3) is 0.179. The summed E-state index contributed by atoms with van der Waals surface area (Å²) in [5.74, 6) is 1.43. The largest absolute Gasteiger partial charge is 0.457 e. The molecule has 0 spiro atoms. The molecule has 1 amide bonds. The molecule has 0 bridgehead atoms. The van der Waals surface area contributed by atoms with Gasteiger partial charge in [-0.25, -0.2) is 14.8 Å². The highest BCUT2D eigenvalue weighted by molar-refractivity contribution is 6.18. The Balaban J connectivity index is 1.34. The van der Waals surface area contributed by atoms with Gasteiger partial charge >= 0.3 is 0 Å². The Labute approximate surface area is 213 Å². The highest BCUT2D eigenvalue weighted by atomic mass is 16.5. The number of carbonyl (C=O) groups is 2. The van der Waals surface area contributed by atoms with Crippen LogP contribution in [-0.2, 0) is 4.79 Å². The first-order valence-electron chi connectivity index (χ1n) is 11.9. The second-order valence-corrected chi connectivity index (χ2v) is 8.58. The molecule has 2 N–H and O–H groups in total. The summed E-state index contributed by atoms with van der Waals surface area (Å²) in [4.78, 5) is 42.7. The van der Waals surface area contributed by atoms with Crippen molar-refractivity contribution in [1.82, 2.24) is 19.9 Å². The van der Waals surface area contributed by atoms with Gasteiger partial charge in [-0.3, -0.25) is 9.59 Å². The Morgan fingerprint density at radius 3 is 2.62 bits per heavy atom. The maximum Gasteiger partial charge on any atom is 0.252 e. The minimum absolute atomic E-state index is 0.0711. The number of hydrogen-bond acceptors (Lipinski definition) is 6. The Morgan fingerprint density at radius 1 is 1.14 bits per heavy atom. The van der Waals surface area contributed by atoms with Crippen molar-refractivity contribution >= 4 is 28.5 Å². The molecule has 9 heteroatoms. The number of H-pyrrole nitrogens is 1. The molecule has 1 aliphatic heterocycles. The predicted octanol–water partition coefficient (Wildman–Crippen LogP) is 4.82. The molecule has 184 valence electrons. The number of aromatic amines is 1. The minimum Gasteiger partial charge on any atom is -0.457 e. The third-order valence-corrected chi connectivity index (χ3v) is 6.24. The van der Waals surface area contributed by atoms with Crippen molar-refractivity contribution in [2.75, 3.05) is 18.4 Å². The van der Waals surface area contributed by atoms with Crippen LogP contribution in [0.1, 0.15) is 29.3 Å². The zero-order valence-corrected chi connectivity index (χ0v) is 20.1. The van der Waals surface area contributed by atoms with E-state index in [9.17, 15) is 9.59 Å². The first-order valence-corrected chi connectivity index (χ1v) is 11.9. The molecule has 5 rings (SSSR count). The van der Waals surface area contributed by atoms with Crippen LogP contribution in [0.5, 0.6) is 11.5 Å². The third kappa shape index (κ3) is 4.90. The maximum atomic E-state index is 13.4. The number of rotatable bonds is 7. The molecule has 9 nitrogen and oxygen atoms in total. The second kappa shape index (κ2) is 10.3. The summed E-state index contributed by atoms with van der Waals surface area (Å²) in [5, 5.41) is 3.97. The van der Waals surface area contributed by atoms with E-state index in [1.165, 1.54) is 12.4 Å². The van der Waals surface area contributed by atoms with Crippen molar-refractivity contribution in [3.63, 3.8) is 0 Å². The molecule has 1 unspecified atom stereocenters. The number of allylic oxidation sites excluding steroid dienone is 1. The van der Waals surface area contributed by atoms with Gasteiger partial charge in [0.1, 0.15) is 29.3 Å². The number of ketones is 1. The van der Waals surface area contributed by atoms with Crippen LogP contribution < -0.4 is 10.1 Å². The van der Waals surface area contributed by atoms with Gasteiger partial charge in [-0.1, -0.05) is 31.2 Å². The lowest BCUT2D eigenvalue weighted by Crippen LogP contribution is -2.32. The number of para-hydroxylation sites is 1. The maximum absolute atomic E-state index is 13.4. The highest BCUT2D eigenvalue weighted by Crippen LogP contribution is 2.28. The molecule has 1 aliphatic rings. The zero-order valence-electron chi connectivity index (χ0n) is 20.1. The predicted molar refractivity (Wildman–Crippen MR) is 139 cm³/mol. The van der Waals surface area contributed by atoms with Crippen LogP contribution >= 0.6 is 0 Å². The van der Waals surface area contributed by atoms with Crippen molar-refractivity contribution in [3.05, 3.63) is 101 Å². The quantitative estimate of drug-likeness (QED) is 0.218. The fourth-order valence-electron chi connectivity index (χ4n) is 4.36. The van der Waals surface area contributed by atoms with Gasteiger partial charge in [-0.2, -0.15) is 0 Å². The Bertz CT molecular complexity index is 1520. The number of hydrogen-bond donors (Lipinski definition) is 2. The Kier molecular flexibility index (Phi) is 6.64. The van der Waals surface area contributed by atoms with Crippen molar-refractivity contribution in [3.8, 4) is 11.5 Å². The van der Waals surface area contributed by atoms with Crippen LogP contribution in [0.15, 0.2) is 78.9 Å². The van der Waals surface area contributed by atoms with Crippen LogP contribution in [0.2, 0.25) is 0 Å². The lowest BCUT2D eigenvalue weighted by atomic mass is 10.0. The van der Waals surface area contributed by atoms with E-state index in [1.807, 2.05) is 30.3 Å². The number of likely N-dealkylation sites (tertiary alicyclic amines) is 1. The molecule has 0 saturated carbocycles. The van der Waals surface area contributed by atoms with Gasteiger partial charge in [-0.05, 0) is 42.8 Å². The van der Waals surface area contributed by atoms with Gasteiger partial charge in [0.15, 0.2) is 5.78 Å². The molecule has 2 aromatic heterocycles. The fourth-order valence-corrected chi connectivity index (χ4v) is 4.36. The molecule has 1 atom stereocenters. The average Bonchev–Trinajstić information content (AvgIpc) is 3.58. The number of aromatic nitrogens is 3. The summed E-state index contributed by atoms with van der Waals surface area (Å²) in [6.45, 7) is 9.85. The van der Waals surface area contributed by atoms with E-state index >= 15 is 0 Å². The van der Waals surface area contributed by atoms with Gasteiger partial charge in [0.25, 0.3) is 5.91 Å². The summed E-state index contributed by atoms with van der Waals surface area (Å²) < 4.78 is 5.83. The number of ether oxygens (including phenoxy) is 1. The van der Waals surface area contributed by atoms with Gasteiger partial charge in [0.2, 0.25) is 5.70 Å². The molecule has 1 fully saturated rings. The molecule has 1 saturated heterocycles. The number of amides is 1. The van der Waals surface area contributed by atoms with E-state index in [2.05, 4.69) is 25.1 Å². The molecule has 2 aromatic carbocycles. The molecular formula is C28H24N6O3. The molecule has 0 aliphatic carbocycles. The average molecular weight is 493 g/mol. The highest BCUT2D eigenvalue weighted by Gasteiger charge is 2.29. The standard InChI is InChI=1S/C28H24N6O3/c1-3-23(29-2)28(36)34-14-13-19(16-34)33-27-24-22(15-30-26(24)31-17-32-27)25(35)18-9-11-21(12-10-18)37-20-7-5-4-6-8-20/h3-12,15,17,19H,13-14,16H2,1H3,(H2,30,31,32,33)/b23-3-. The number of fused-ring (bicyclic) bond motifs is 1. The normalized spacial score (nSPS) is 15.4. The van der Waals surface area contributed by atoms with Gasteiger partial charge in [-0.15, -0.1) is 0 Å². The molecule has 37 heavy (non-hydrogen) atoms. The van der Waals surface area contributed by atoms with Gasteiger partial charge < -0.3 is 19.9 Å². The van der Waals surface area contributed by atoms with Crippen LogP contribution in [0.25, 0.3) is 15.9 Å². The third-order valence-electron chi connectivity index (χ3n) is 6.24. The van der Waals surface area contributed by atoms with Crippen LogP contribution in [0, 0.1) is 6.57 Å². The first-order chi connectivity index (χ1) is 18.1. The van der Waals surface area contributed by atoms with Crippen LogP contribution in [0.3, 0.4) is 0 Å². The van der Waals surface area contributed by atoms with E-state index in [-0.39, 0.29) is 23.4 Å². The topological polar surface area (TPSA) is 105 Å². The van der Waals surface area contributed by atoms with Crippen LogP contribution in [-0.4, -0.2) is 50.7 Å². The number of benzene rings is 2. The van der Waals surface area contributed by atoms with E-state index in [0.717, 1.165) is 0 Å². The Morgan fingerprint density at radius 2 is 1.89 bits per heavy atom. The summed E-state index contributed by atoms with van der Waals surface area (Å²) in [7, 11) is 0. The summed E-state index contributed by atoms with van der Waals surface area (Å²) in [6.07, 6.45) is 5.30. The second-order valence-electron chi connectivity index (χ2n) is 8.58. The van der Waals surface area contributed by atoms with Crippen molar-refractivity contribution in [2.24, 2.45) is 0 Å². The first kappa shape index (κ1) is 23.8. The number of anilines is 1. The van der Waals surface area contributed by atoms with E-state index in [1.54, 1.807) is 42.3 Å². The van der Waals surface area contributed by atoms with E-state index in [0.29, 0.717) is 59.0 Å². The zero-order chi connectivity index (χ0) is 25.8. The van der Waals surface area contributed by atoms with Crippen molar-refractivity contribution < 1.29 is 14.3 Å². The molecule has 0 radical (unpaired) electrons.